The average Bonchev–Trinajstić information content (AvgIpc) is 3.18. The third kappa shape index (κ3) is 5.95. The molecule has 1 aliphatic heterocycles. The van der Waals surface area contributed by atoms with Crippen molar-refractivity contribution in [3.8, 4) is 11.5 Å². The van der Waals surface area contributed by atoms with Crippen LogP contribution in [0.4, 0.5) is 5.69 Å². The van der Waals surface area contributed by atoms with Gasteiger partial charge < -0.3 is 14.8 Å². The van der Waals surface area contributed by atoms with E-state index in [9.17, 15) is 4.79 Å². The lowest BCUT2D eigenvalue weighted by Crippen LogP contribution is -2.19. The van der Waals surface area contributed by atoms with E-state index in [1.807, 2.05) is 48.5 Å². The van der Waals surface area contributed by atoms with Crippen molar-refractivity contribution in [3.63, 3.8) is 0 Å². The molecule has 8 heteroatoms. The molecule has 0 unspecified atom stereocenters. The van der Waals surface area contributed by atoms with E-state index in [2.05, 4.69) is 17.2 Å². The zero-order chi connectivity index (χ0) is 24.1. The molecule has 1 aliphatic rings. The number of hydrogen-bond donors (Lipinski definition) is 1. The standard InChI is InChI=1S/C26H22Cl2N2O3S/c1-3-16-4-8-19(9-5-16)29-26-30-25(31)24(34-26)14-17-7-11-22(23(13-17)32-2)33-15-18-6-10-20(27)21(28)12-18/h4-14H,3,15H2,1-2H3,(H,29,30,31)/b24-14-. The second kappa shape index (κ2) is 11.0. The Balaban J connectivity index is 1.47. The molecule has 0 saturated carbocycles. The van der Waals surface area contributed by atoms with Crippen LogP contribution in [0.25, 0.3) is 6.08 Å². The first-order valence-electron chi connectivity index (χ1n) is 10.6. The maximum atomic E-state index is 12.5. The summed E-state index contributed by atoms with van der Waals surface area (Å²) in [6.45, 7) is 2.42. The molecule has 1 heterocycles. The van der Waals surface area contributed by atoms with Gasteiger partial charge in [-0.3, -0.25) is 4.79 Å². The molecule has 0 bridgehead atoms. The summed E-state index contributed by atoms with van der Waals surface area (Å²) in [5.74, 6) is 0.951. The Labute approximate surface area is 212 Å². The molecule has 4 rings (SSSR count). The molecular formula is C26H22Cl2N2O3S. The number of ether oxygens (including phenoxy) is 2. The number of amides is 1. The third-order valence-corrected chi connectivity index (χ3v) is 6.74. The largest absolute Gasteiger partial charge is 0.493 e. The Kier molecular flexibility index (Phi) is 7.83. The fourth-order valence-electron chi connectivity index (χ4n) is 3.24. The number of carbonyl (C=O) groups excluding carboxylic acids is 1. The minimum Gasteiger partial charge on any atom is -0.493 e. The highest BCUT2D eigenvalue weighted by atomic mass is 35.5. The molecule has 1 fully saturated rings. The minimum atomic E-state index is -0.187. The molecule has 0 aromatic heterocycles. The number of nitrogens with one attached hydrogen (secondary N) is 1. The van der Waals surface area contributed by atoms with Crippen molar-refractivity contribution in [3.05, 3.63) is 92.3 Å². The fourth-order valence-corrected chi connectivity index (χ4v) is 4.40. The van der Waals surface area contributed by atoms with E-state index >= 15 is 0 Å². The number of carbonyl (C=O) groups is 1. The van der Waals surface area contributed by atoms with Gasteiger partial charge in [-0.05, 0) is 77.3 Å². The molecule has 0 radical (unpaired) electrons. The maximum absolute atomic E-state index is 12.5. The van der Waals surface area contributed by atoms with E-state index in [-0.39, 0.29) is 5.91 Å². The van der Waals surface area contributed by atoms with Crippen LogP contribution in [-0.2, 0) is 17.8 Å². The van der Waals surface area contributed by atoms with Crippen LogP contribution >= 0.6 is 35.0 Å². The Hall–Kier alpha value is -2.93. The average molecular weight is 513 g/mol. The lowest BCUT2D eigenvalue weighted by molar-refractivity contribution is -0.115. The lowest BCUT2D eigenvalue weighted by Gasteiger charge is -2.12. The topological polar surface area (TPSA) is 59.9 Å². The van der Waals surface area contributed by atoms with Crippen LogP contribution in [-0.4, -0.2) is 18.2 Å². The predicted molar refractivity (Wildman–Crippen MR) is 140 cm³/mol. The zero-order valence-corrected chi connectivity index (χ0v) is 20.9. The first kappa shape index (κ1) is 24.2. The van der Waals surface area contributed by atoms with Crippen molar-refractivity contribution in [2.75, 3.05) is 7.11 Å². The molecule has 0 aliphatic carbocycles. The number of nitrogens with zero attached hydrogens (tertiary/aromatic N) is 1. The van der Waals surface area contributed by atoms with Gasteiger partial charge in [-0.2, -0.15) is 0 Å². The molecule has 1 N–H and O–H groups in total. The van der Waals surface area contributed by atoms with Gasteiger partial charge in [0.25, 0.3) is 5.91 Å². The second-order valence-corrected chi connectivity index (χ2v) is 9.29. The summed E-state index contributed by atoms with van der Waals surface area (Å²) >= 11 is 13.3. The molecular weight excluding hydrogens is 491 g/mol. The van der Waals surface area contributed by atoms with Crippen molar-refractivity contribution < 1.29 is 14.3 Å². The molecule has 174 valence electrons. The van der Waals surface area contributed by atoms with Crippen LogP contribution in [0.5, 0.6) is 11.5 Å². The number of methoxy groups -OCH3 is 1. The molecule has 34 heavy (non-hydrogen) atoms. The van der Waals surface area contributed by atoms with Gasteiger partial charge >= 0.3 is 0 Å². The zero-order valence-electron chi connectivity index (χ0n) is 18.6. The fraction of sp³-hybridized carbons (Fsp3) is 0.154. The van der Waals surface area contributed by atoms with Gasteiger partial charge in [-0.1, -0.05) is 54.4 Å². The quantitative estimate of drug-likeness (QED) is 0.345. The van der Waals surface area contributed by atoms with Crippen LogP contribution in [0.2, 0.25) is 10.0 Å². The number of halogens is 2. The van der Waals surface area contributed by atoms with Crippen LogP contribution < -0.4 is 14.8 Å². The monoisotopic (exact) mass is 512 g/mol. The first-order chi connectivity index (χ1) is 16.4. The van der Waals surface area contributed by atoms with Crippen molar-refractivity contribution in [1.82, 2.24) is 5.32 Å². The molecule has 3 aromatic rings. The van der Waals surface area contributed by atoms with Gasteiger partial charge in [0.15, 0.2) is 16.7 Å². The third-order valence-electron chi connectivity index (χ3n) is 5.09. The maximum Gasteiger partial charge on any atom is 0.264 e. The normalized spacial score (nSPS) is 15.6. The van der Waals surface area contributed by atoms with Gasteiger partial charge in [0.05, 0.1) is 27.7 Å². The summed E-state index contributed by atoms with van der Waals surface area (Å²) in [4.78, 5) is 17.5. The van der Waals surface area contributed by atoms with Crippen LogP contribution in [0.3, 0.4) is 0 Å². The summed E-state index contributed by atoms with van der Waals surface area (Å²) < 4.78 is 11.4. The van der Waals surface area contributed by atoms with E-state index in [4.69, 9.17) is 32.7 Å². The van der Waals surface area contributed by atoms with Gasteiger partial charge in [-0.25, -0.2) is 4.99 Å². The molecule has 1 saturated heterocycles. The highest BCUT2D eigenvalue weighted by Gasteiger charge is 2.24. The van der Waals surface area contributed by atoms with Gasteiger partial charge in [0.1, 0.15) is 6.61 Å². The molecule has 3 aromatic carbocycles. The first-order valence-corrected chi connectivity index (χ1v) is 12.2. The highest BCUT2D eigenvalue weighted by Crippen LogP contribution is 2.33. The summed E-state index contributed by atoms with van der Waals surface area (Å²) in [6.07, 6.45) is 2.77. The van der Waals surface area contributed by atoms with Crippen LogP contribution in [0.1, 0.15) is 23.6 Å². The van der Waals surface area contributed by atoms with E-state index < -0.39 is 0 Å². The van der Waals surface area contributed by atoms with Crippen molar-refractivity contribution in [2.24, 2.45) is 4.99 Å². The summed E-state index contributed by atoms with van der Waals surface area (Å²) in [5, 5.41) is 4.34. The minimum absolute atomic E-state index is 0.187. The van der Waals surface area contributed by atoms with Gasteiger partial charge in [0, 0.05) is 0 Å². The Morgan fingerprint density at radius 3 is 2.44 bits per heavy atom. The summed E-state index contributed by atoms with van der Waals surface area (Å²) in [6, 6.07) is 18.8. The van der Waals surface area contributed by atoms with Crippen molar-refractivity contribution in [1.29, 1.82) is 0 Å². The highest BCUT2D eigenvalue weighted by molar-refractivity contribution is 8.18. The smallest absolute Gasteiger partial charge is 0.264 e. The number of aryl methyl sites for hydroxylation is 1. The Morgan fingerprint density at radius 1 is 0.971 bits per heavy atom. The summed E-state index contributed by atoms with van der Waals surface area (Å²) in [5.41, 5.74) is 3.74. The van der Waals surface area contributed by atoms with Crippen LogP contribution in [0.15, 0.2) is 70.6 Å². The van der Waals surface area contributed by atoms with Gasteiger partial charge in [-0.15, -0.1) is 0 Å². The van der Waals surface area contributed by atoms with E-state index in [1.54, 1.807) is 25.3 Å². The van der Waals surface area contributed by atoms with E-state index in [0.717, 1.165) is 23.2 Å². The van der Waals surface area contributed by atoms with Crippen LogP contribution in [0, 0.1) is 0 Å². The number of aliphatic imine (C=N–C) groups is 1. The second-order valence-electron chi connectivity index (χ2n) is 7.45. The summed E-state index contributed by atoms with van der Waals surface area (Å²) in [7, 11) is 1.57. The SMILES string of the molecule is CCc1ccc(N=C2NC(=O)/C(=C/c3ccc(OCc4ccc(Cl)c(Cl)c4)c(OC)c3)S2)cc1. The predicted octanol–water partition coefficient (Wildman–Crippen LogP) is 7.04. The van der Waals surface area contributed by atoms with Gasteiger partial charge in [0.2, 0.25) is 0 Å². The van der Waals surface area contributed by atoms with Crippen molar-refractivity contribution in [2.45, 2.75) is 20.0 Å². The van der Waals surface area contributed by atoms with Crippen molar-refractivity contribution >= 4 is 57.8 Å². The lowest BCUT2D eigenvalue weighted by atomic mass is 10.2. The molecule has 0 spiro atoms. The molecule has 0 atom stereocenters. The Morgan fingerprint density at radius 2 is 1.74 bits per heavy atom. The Bertz CT molecular complexity index is 1270. The number of hydrogen-bond acceptors (Lipinski definition) is 5. The number of thioether (sulfide) groups is 1. The molecule has 5 nitrogen and oxygen atoms in total. The molecule has 1 amide bonds. The van der Waals surface area contributed by atoms with E-state index in [1.165, 1.54) is 17.3 Å². The number of rotatable bonds is 7. The number of amidine groups is 1. The van der Waals surface area contributed by atoms with E-state index in [0.29, 0.717) is 38.2 Å². The number of benzene rings is 3.